The maximum atomic E-state index is 9.35. The van der Waals surface area contributed by atoms with E-state index in [2.05, 4.69) is 0 Å². The molecule has 3 nitrogen and oxygen atoms in total. The molecular formula is C13H20O3. The number of ether oxygens (including phenoxy) is 1. The summed E-state index contributed by atoms with van der Waals surface area (Å²) in [7, 11) is 0. The predicted molar refractivity (Wildman–Crippen MR) is 62.9 cm³/mol. The van der Waals surface area contributed by atoms with E-state index in [0.29, 0.717) is 12.0 Å². The normalized spacial score (nSPS) is 15.4. The Bertz CT molecular complexity index is 271. The van der Waals surface area contributed by atoms with E-state index in [0.717, 1.165) is 13.2 Å². The summed E-state index contributed by atoms with van der Waals surface area (Å²) in [6.07, 6.45) is 2.86. The Hall–Kier alpha value is -0.900. The maximum Gasteiger partial charge on any atom is 0.189 e. The highest BCUT2D eigenvalue weighted by atomic mass is 16.5. The fourth-order valence-electron chi connectivity index (χ4n) is 1.42. The molecule has 90 valence electrons. The van der Waals surface area contributed by atoms with Gasteiger partial charge in [-0.2, -0.15) is 0 Å². The second-order valence-corrected chi connectivity index (χ2v) is 3.86. The Morgan fingerprint density at radius 3 is 2.06 bits per heavy atom. The molecule has 2 N–H and O–H groups in total. The molecule has 1 saturated heterocycles. The molecular weight excluding hydrogens is 204 g/mol. The third-order valence-corrected chi connectivity index (χ3v) is 2.56. The van der Waals surface area contributed by atoms with E-state index in [1.165, 1.54) is 12.8 Å². The summed E-state index contributed by atoms with van der Waals surface area (Å²) in [5.74, 6) is -1.67. The van der Waals surface area contributed by atoms with Crippen LogP contribution in [-0.4, -0.2) is 23.4 Å². The Labute approximate surface area is 96.7 Å². The minimum Gasteiger partial charge on any atom is -0.381 e. The van der Waals surface area contributed by atoms with Crippen LogP contribution in [-0.2, 0) is 10.5 Å². The van der Waals surface area contributed by atoms with Crippen LogP contribution in [0.3, 0.4) is 0 Å². The van der Waals surface area contributed by atoms with Crippen LogP contribution >= 0.6 is 0 Å². The van der Waals surface area contributed by atoms with E-state index in [1.807, 2.05) is 6.07 Å². The predicted octanol–water partition coefficient (Wildman–Crippen LogP) is 2.03. The zero-order valence-corrected chi connectivity index (χ0v) is 9.72. The van der Waals surface area contributed by atoms with Crippen molar-refractivity contribution in [2.75, 3.05) is 13.2 Å². The summed E-state index contributed by atoms with van der Waals surface area (Å²) in [6, 6.07) is 8.81. The lowest BCUT2D eigenvalue weighted by Crippen LogP contribution is -2.23. The Morgan fingerprint density at radius 1 is 1.12 bits per heavy atom. The molecule has 1 aromatic carbocycles. The van der Waals surface area contributed by atoms with Gasteiger partial charge in [-0.05, 0) is 12.8 Å². The number of aliphatic hydroxyl groups is 2. The standard InChI is InChI=1S/C9H12O2.C4H8O/c1-2-9(10,11)8-6-4-3-5-7-8;1-2-4-5-3-1/h3-7,10-11H,2H2,1H3;1-4H2. The fourth-order valence-corrected chi connectivity index (χ4v) is 1.42. The Kier molecular flexibility index (Phi) is 5.46. The van der Waals surface area contributed by atoms with Gasteiger partial charge in [0.1, 0.15) is 0 Å². The second-order valence-electron chi connectivity index (χ2n) is 3.86. The van der Waals surface area contributed by atoms with Crippen LogP contribution in [0.15, 0.2) is 30.3 Å². The fraction of sp³-hybridized carbons (Fsp3) is 0.538. The van der Waals surface area contributed by atoms with E-state index in [-0.39, 0.29) is 0 Å². The van der Waals surface area contributed by atoms with Crippen molar-refractivity contribution in [1.29, 1.82) is 0 Å². The molecule has 2 rings (SSSR count). The first-order valence-electron chi connectivity index (χ1n) is 5.75. The number of hydrogen-bond acceptors (Lipinski definition) is 3. The van der Waals surface area contributed by atoms with E-state index >= 15 is 0 Å². The van der Waals surface area contributed by atoms with Crippen molar-refractivity contribution in [3.05, 3.63) is 35.9 Å². The molecule has 0 radical (unpaired) electrons. The lowest BCUT2D eigenvalue weighted by Gasteiger charge is -2.19. The molecule has 1 aliphatic rings. The van der Waals surface area contributed by atoms with Crippen molar-refractivity contribution in [2.24, 2.45) is 0 Å². The molecule has 0 aromatic heterocycles. The van der Waals surface area contributed by atoms with Gasteiger partial charge in [0.15, 0.2) is 5.79 Å². The van der Waals surface area contributed by atoms with Crippen LogP contribution in [0, 0.1) is 0 Å². The average molecular weight is 224 g/mol. The molecule has 1 aliphatic heterocycles. The minimum atomic E-state index is -1.67. The van der Waals surface area contributed by atoms with Gasteiger partial charge in [-0.3, -0.25) is 0 Å². The minimum absolute atomic E-state index is 0.303. The van der Waals surface area contributed by atoms with Crippen LogP contribution in [0.2, 0.25) is 0 Å². The summed E-state index contributed by atoms with van der Waals surface area (Å²) >= 11 is 0. The molecule has 0 atom stereocenters. The Morgan fingerprint density at radius 2 is 1.69 bits per heavy atom. The van der Waals surface area contributed by atoms with Crippen LogP contribution < -0.4 is 0 Å². The molecule has 0 saturated carbocycles. The number of rotatable bonds is 2. The SMILES string of the molecule is C1CCOC1.CCC(O)(O)c1ccccc1. The van der Waals surface area contributed by atoms with Gasteiger partial charge in [0.2, 0.25) is 0 Å². The number of hydrogen-bond donors (Lipinski definition) is 2. The van der Waals surface area contributed by atoms with Crippen molar-refractivity contribution >= 4 is 0 Å². The van der Waals surface area contributed by atoms with Gasteiger partial charge in [-0.15, -0.1) is 0 Å². The van der Waals surface area contributed by atoms with Gasteiger partial charge in [-0.1, -0.05) is 37.3 Å². The van der Waals surface area contributed by atoms with Crippen molar-refractivity contribution in [1.82, 2.24) is 0 Å². The monoisotopic (exact) mass is 224 g/mol. The van der Waals surface area contributed by atoms with Crippen LogP contribution in [0.25, 0.3) is 0 Å². The molecule has 1 heterocycles. The summed E-state index contributed by atoms with van der Waals surface area (Å²) < 4.78 is 4.94. The molecule has 3 heteroatoms. The van der Waals surface area contributed by atoms with Crippen LogP contribution in [0.4, 0.5) is 0 Å². The Balaban J connectivity index is 0.000000212. The van der Waals surface area contributed by atoms with E-state index in [9.17, 15) is 10.2 Å². The van der Waals surface area contributed by atoms with Crippen LogP contribution in [0.5, 0.6) is 0 Å². The molecule has 0 spiro atoms. The molecule has 1 fully saturated rings. The van der Waals surface area contributed by atoms with Crippen LogP contribution in [0.1, 0.15) is 31.7 Å². The zero-order chi connectivity index (χ0) is 11.9. The third-order valence-electron chi connectivity index (χ3n) is 2.56. The van der Waals surface area contributed by atoms with E-state index in [1.54, 1.807) is 31.2 Å². The van der Waals surface area contributed by atoms with E-state index < -0.39 is 5.79 Å². The highest BCUT2D eigenvalue weighted by Crippen LogP contribution is 2.20. The molecule has 0 aliphatic carbocycles. The molecule has 0 unspecified atom stereocenters. The van der Waals surface area contributed by atoms with E-state index in [4.69, 9.17) is 4.74 Å². The summed E-state index contributed by atoms with van der Waals surface area (Å²) in [5.41, 5.74) is 0.544. The molecule has 0 bridgehead atoms. The largest absolute Gasteiger partial charge is 0.381 e. The van der Waals surface area contributed by atoms with Gasteiger partial charge < -0.3 is 14.9 Å². The summed E-state index contributed by atoms with van der Waals surface area (Å²) in [4.78, 5) is 0. The van der Waals surface area contributed by atoms with Crippen molar-refractivity contribution < 1.29 is 14.9 Å². The van der Waals surface area contributed by atoms with Gasteiger partial charge in [-0.25, -0.2) is 0 Å². The van der Waals surface area contributed by atoms with Crippen molar-refractivity contribution in [3.63, 3.8) is 0 Å². The molecule has 0 amide bonds. The molecule has 16 heavy (non-hydrogen) atoms. The first kappa shape index (κ1) is 13.2. The highest BCUT2D eigenvalue weighted by molar-refractivity contribution is 5.19. The average Bonchev–Trinajstić information content (AvgIpc) is 2.89. The summed E-state index contributed by atoms with van der Waals surface area (Å²) in [5, 5.41) is 18.7. The molecule has 1 aromatic rings. The number of benzene rings is 1. The summed E-state index contributed by atoms with van der Waals surface area (Å²) in [6.45, 7) is 3.73. The quantitative estimate of drug-likeness (QED) is 0.756. The van der Waals surface area contributed by atoms with Gasteiger partial charge >= 0.3 is 0 Å². The van der Waals surface area contributed by atoms with Gasteiger partial charge in [0.05, 0.1) is 0 Å². The van der Waals surface area contributed by atoms with Crippen molar-refractivity contribution in [3.8, 4) is 0 Å². The first-order valence-corrected chi connectivity index (χ1v) is 5.75. The smallest absolute Gasteiger partial charge is 0.189 e. The zero-order valence-electron chi connectivity index (χ0n) is 9.72. The maximum absolute atomic E-state index is 9.35. The van der Waals surface area contributed by atoms with Gasteiger partial charge in [0, 0.05) is 25.2 Å². The first-order chi connectivity index (χ1) is 7.67. The topological polar surface area (TPSA) is 49.7 Å². The van der Waals surface area contributed by atoms with Gasteiger partial charge in [0.25, 0.3) is 0 Å². The lowest BCUT2D eigenvalue weighted by atomic mass is 10.0. The van der Waals surface area contributed by atoms with Crippen molar-refractivity contribution in [2.45, 2.75) is 32.0 Å². The lowest BCUT2D eigenvalue weighted by molar-refractivity contribution is -0.171. The third kappa shape index (κ3) is 4.31. The second kappa shape index (κ2) is 6.63. The highest BCUT2D eigenvalue weighted by Gasteiger charge is 2.21.